The third-order valence-corrected chi connectivity index (χ3v) is 6.87. The van der Waals surface area contributed by atoms with E-state index in [4.69, 9.17) is 0 Å². The highest BCUT2D eigenvalue weighted by Crippen LogP contribution is 2.35. The molecule has 0 radical (unpaired) electrons. The molecular weight excluding hydrogens is 459 g/mol. The number of carbonyl (C=O) groups is 2. The van der Waals surface area contributed by atoms with Crippen LogP contribution in [-0.4, -0.2) is 41.3 Å². The van der Waals surface area contributed by atoms with Gasteiger partial charge in [0, 0.05) is 18.4 Å². The van der Waals surface area contributed by atoms with Crippen molar-refractivity contribution in [1.82, 2.24) is 9.88 Å². The molecule has 11 heteroatoms. The first-order chi connectivity index (χ1) is 15.2. The summed E-state index contributed by atoms with van der Waals surface area (Å²) in [6.07, 6.45) is 2.39. The van der Waals surface area contributed by atoms with E-state index in [1.165, 1.54) is 4.90 Å². The number of carbonyl (C=O) groups excluding carboxylic acids is 2. The number of benzene rings is 1. The fourth-order valence-electron chi connectivity index (χ4n) is 3.58. The molecule has 178 valence electrons. The number of alkyl halides is 3. The lowest BCUT2D eigenvalue weighted by Crippen LogP contribution is -2.43. The summed E-state index contributed by atoms with van der Waals surface area (Å²) in [4.78, 5) is 31.8. The number of hydrogen-bond acceptors (Lipinski definition) is 5. The van der Waals surface area contributed by atoms with Gasteiger partial charge in [-0.2, -0.15) is 13.2 Å². The van der Waals surface area contributed by atoms with Gasteiger partial charge >= 0.3 is 11.5 Å². The molecule has 1 aliphatic heterocycles. The molecule has 1 aromatic heterocycles. The summed E-state index contributed by atoms with van der Waals surface area (Å²) in [6.45, 7) is 7.40. The van der Waals surface area contributed by atoms with Gasteiger partial charge in [0.05, 0.1) is 10.6 Å². The van der Waals surface area contributed by atoms with E-state index in [-0.39, 0.29) is 12.2 Å². The predicted octanol–water partition coefficient (Wildman–Crippen LogP) is 4.32. The molecule has 3 amide bonds. The summed E-state index contributed by atoms with van der Waals surface area (Å²) >= 11 is 0. The predicted molar refractivity (Wildman–Crippen MR) is 115 cm³/mol. The number of halogens is 3. The highest BCUT2D eigenvalue weighted by molar-refractivity contribution is 7.92. The number of aromatic nitrogens is 1. The van der Waals surface area contributed by atoms with Crippen LogP contribution in [0, 0.1) is 5.92 Å². The van der Waals surface area contributed by atoms with Crippen LogP contribution in [0.3, 0.4) is 0 Å². The van der Waals surface area contributed by atoms with Crippen LogP contribution >= 0.6 is 0 Å². The van der Waals surface area contributed by atoms with Crippen molar-refractivity contribution in [3.63, 3.8) is 0 Å². The SMILES string of the molecule is CC(C)Cc1cc(CN2C(=O)N(c3ccc(S(=O)(=O)C(F)(F)F)cc3)C(=O)C2(C)C)ccn1. The highest BCUT2D eigenvalue weighted by Gasteiger charge is 2.52. The van der Waals surface area contributed by atoms with Gasteiger partial charge in [-0.05, 0) is 68.1 Å². The lowest BCUT2D eigenvalue weighted by Gasteiger charge is -2.27. The van der Waals surface area contributed by atoms with Gasteiger partial charge in [0.1, 0.15) is 5.54 Å². The Labute approximate surface area is 190 Å². The molecule has 2 aromatic rings. The van der Waals surface area contributed by atoms with Crippen molar-refractivity contribution in [2.75, 3.05) is 4.90 Å². The Bertz CT molecular complexity index is 1180. The van der Waals surface area contributed by atoms with Gasteiger partial charge in [-0.15, -0.1) is 0 Å². The zero-order valence-electron chi connectivity index (χ0n) is 18.5. The Hall–Kier alpha value is -2.95. The second-order valence-corrected chi connectivity index (χ2v) is 10.7. The topological polar surface area (TPSA) is 87.7 Å². The summed E-state index contributed by atoms with van der Waals surface area (Å²) in [5.41, 5.74) is -5.06. The van der Waals surface area contributed by atoms with E-state index >= 15 is 0 Å². The molecule has 0 N–H and O–H groups in total. The van der Waals surface area contributed by atoms with E-state index in [1.54, 1.807) is 26.1 Å². The first-order valence-electron chi connectivity index (χ1n) is 10.2. The van der Waals surface area contributed by atoms with Gasteiger partial charge in [0.25, 0.3) is 15.7 Å². The number of sulfone groups is 1. The molecule has 0 spiro atoms. The summed E-state index contributed by atoms with van der Waals surface area (Å²) in [5.74, 6) is -0.186. The molecule has 1 aliphatic rings. The molecule has 1 aromatic carbocycles. The molecule has 2 heterocycles. The minimum atomic E-state index is -5.54. The molecule has 3 rings (SSSR count). The lowest BCUT2D eigenvalue weighted by atomic mass is 10.0. The maximum atomic E-state index is 13.2. The number of nitrogens with zero attached hydrogens (tertiary/aromatic N) is 3. The van der Waals surface area contributed by atoms with E-state index in [2.05, 4.69) is 18.8 Å². The number of urea groups is 1. The average Bonchev–Trinajstić information content (AvgIpc) is 2.86. The Morgan fingerprint density at radius 1 is 1.06 bits per heavy atom. The van der Waals surface area contributed by atoms with Gasteiger partial charge in [0.2, 0.25) is 0 Å². The summed E-state index contributed by atoms with van der Waals surface area (Å²) in [6, 6.07) is 6.45. The maximum Gasteiger partial charge on any atom is 0.501 e. The van der Waals surface area contributed by atoms with Crippen LogP contribution in [0.2, 0.25) is 0 Å². The largest absolute Gasteiger partial charge is 0.501 e. The van der Waals surface area contributed by atoms with Crippen LogP contribution in [0.4, 0.5) is 23.7 Å². The minimum Gasteiger partial charge on any atom is -0.305 e. The van der Waals surface area contributed by atoms with E-state index in [0.29, 0.717) is 5.92 Å². The van der Waals surface area contributed by atoms with Crippen molar-refractivity contribution in [1.29, 1.82) is 0 Å². The number of anilines is 1. The lowest BCUT2D eigenvalue weighted by molar-refractivity contribution is -0.123. The number of amides is 3. The second kappa shape index (κ2) is 8.44. The Morgan fingerprint density at radius 2 is 1.67 bits per heavy atom. The summed E-state index contributed by atoms with van der Waals surface area (Å²) in [7, 11) is -5.54. The van der Waals surface area contributed by atoms with Crippen molar-refractivity contribution in [3.05, 3.63) is 53.9 Å². The van der Waals surface area contributed by atoms with Gasteiger partial charge in [0.15, 0.2) is 0 Å². The average molecular weight is 484 g/mol. The molecular formula is C22H24F3N3O4S. The smallest absolute Gasteiger partial charge is 0.305 e. The number of hydrogen-bond donors (Lipinski definition) is 0. The fraction of sp³-hybridized carbons (Fsp3) is 0.409. The van der Waals surface area contributed by atoms with Crippen molar-refractivity contribution in [2.24, 2.45) is 5.92 Å². The molecule has 0 unspecified atom stereocenters. The molecule has 33 heavy (non-hydrogen) atoms. The second-order valence-electron chi connectivity index (χ2n) is 8.76. The first-order valence-corrected chi connectivity index (χ1v) is 11.7. The molecule has 0 saturated carbocycles. The van der Waals surface area contributed by atoms with Crippen LogP contribution in [0.1, 0.15) is 39.0 Å². The third kappa shape index (κ3) is 4.59. The standard InChI is InChI=1S/C22H24F3N3O4S/c1-14(2)11-16-12-15(9-10-26-16)13-27-20(30)28(19(29)21(27,3)4)17-5-7-18(8-6-17)33(31,32)22(23,24)25/h5-10,12,14H,11,13H2,1-4H3. The van der Waals surface area contributed by atoms with Crippen molar-refractivity contribution < 1.29 is 31.2 Å². The zero-order valence-corrected chi connectivity index (χ0v) is 19.4. The molecule has 0 aliphatic carbocycles. The van der Waals surface area contributed by atoms with Crippen molar-refractivity contribution in [2.45, 2.75) is 56.6 Å². The normalized spacial score (nSPS) is 16.7. The Balaban J connectivity index is 1.89. The fourth-order valence-corrected chi connectivity index (χ4v) is 4.34. The van der Waals surface area contributed by atoms with E-state index in [1.807, 2.05) is 6.07 Å². The number of imide groups is 1. The van der Waals surface area contributed by atoms with Crippen LogP contribution in [0.25, 0.3) is 0 Å². The Morgan fingerprint density at radius 3 is 2.21 bits per heavy atom. The van der Waals surface area contributed by atoms with Gasteiger partial charge in [-0.3, -0.25) is 9.78 Å². The first kappa shape index (κ1) is 24.7. The zero-order chi connectivity index (χ0) is 24.8. The number of pyridine rings is 1. The summed E-state index contributed by atoms with van der Waals surface area (Å²) in [5, 5.41) is 0. The van der Waals surface area contributed by atoms with Crippen LogP contribution in [0.5, 0.6) is 0 Å². The van der Waals surface area contributed by atoms with E-state index < -0.39 is 37.7 Å². The van der Waals surface area contributed by atoms with Gasteiger partial charge in [-0.1, -0.05) is 13.8 Å². The van der Waals surface area contributed by atoms with Crippen molar-refractivity contribution >= 4 is 27.5 Å². The molecule has 1 fully saturated rings. The monoisotopic (exact) mass is 483 g/mol. The maximum absolute atomic E-state index is 13.2. The van der Waals surface area contributed by atoms with Crippen LogP contribution in [0.15, 0.2) is 47.5 Å². The molecule has 1 saturated heterocycles. The molecule has 7 nitrogen and oxygen atoms in total. The quantitative estimate of drug-likeness (QED) is 0.571. The minimum absolute atomic E-state index is 0.0167. The van der Waals surface area contributed by atoms with Gasteiger partial charge in [-0.25, -0.2) is 18.1 Å². The van der Waals surface area contributed by atoms with E-state index in [9.17, 15) is 31.2 Å². The van der Waals surface area contributed by atoms with Crippen LogP contribution in [-0.2, 0) is 27.6 Å². The molecule has 0 atom stereocenters. The number of rotatable bonds is 6. The van der Waals surface area contributed by atoms with Crippen molar-refractivity contribution in [3.8, 4) is 0 Å². The third-order valence-electron chi connectivity index (χ3n) is 5.37. The van der Waals surface area contributed by atoms with Gasteiger partial charge < -0.3 is 4.90 Å². The highest BCUT2D eigenvalue weighted by atomic mass is 32.2. The summed E-state index contributed by atoms with van der Waals surface area (Å²) < 4.78 is 61.5. The van der Waals surface area contributed by atoms with E-state index in [0.717, 1.165) is 46.8 Å². The van der Waals surface area contributed by atoms with Crippen LogP contribution < -0.4 is 4.90 Å². The Kier molecular flexibility index (Phi) is 6.31. The molecule has 0 bridgehead atoms.